The van der Waals surface area contributed by atoms with Gasteiger partial charge in [0.15, 0.2) is 0 Å². The molecule has 0 saturated carbocycles. The lowest BCUT2D eigenvalue weighted by molar-refractivity contribution is 0.118. The number of benzene rings is 1. The highest BCUT2D eigenvalue weighted by Gasteiger charge is 2.21. The smallest absolute Gasteiger partial charge is 0.129 e. The van der Waals surface area contributed by atoms with Gasteiger partial charge in [0, 0.05) is 5.56 Å². The van der Waals surface area contributed by atoms with E-state index >= 15 is 0 Å². The zero-order valence-electron chi connectivity index (χ0n) is 10.1. The molecule has 0 amide bonds. The van der Waals surface area contributed by atoms with Crippen molar-refractivity contribution in [3.63, 3.8) is 0 Å². The maximum Gasteiger partial charge on any atom is 0.129 e. The maximum absolute atomic E-state index is 13.5. The minimum absolute atomic E-state index is 0.0398. The number of hydrogen-bond donors (Lipinski definition) is 1. The Morgan fingerprint density at radius 1 is 1.19 bits per heavy atom. The van der Waals surface area contributed by atoms with Gasteiger partial charge in [0.25, 0.3) is 0 Å². The number of halogens is 2. The summed E-state index contributed by atoms with van der Waals surface area (Å²) in [4.78, 5) is 0. The Morgan fingerprint density at radius 2 is 1.75 bits per heavy atom. The molecule has 0 aromatic heterocycles. The number of hydrogen-bond acceptors (Lipinski definition) is 1. The summed E-state index contributed by atoms with van der Waals surface area (Å²) in [6.07, 6.45) is -0.568. The van der Waals surface area contributed by atoms with Crippen molar-refractivity contribution in [2.24, 2.45) is 5.41 Å². The van der Waals surface area contributed by atoms with Gasteiger partial charge in [0.2, 0.25) is 0 Å². The van der Waals surface area contributed by atoms with E-state index < -0.39 is 17.7 Å². The van der Waals surface area contributed by atoms with Gasteiger partial charge in [-0.15, -0.1) is 0 Å². The first-order chi connectivity index (χ1) is 7.20. The average molecular weight is 228 g/mol. The summed E-state index contributed by atoms with van der Waals surface area (Å²) in [5.41, 5.74) is 0.162. The second-order valence-corrected chi connectivity index (χ2v) is 5.40. The van der Waals surface area contributed by atoms with Crippen LogP contribution in [0.15, 0.2) is 12.1 Å². The second kappa shape index (κ2) is 4.50. The van der Waals surface area contributed by atoms with Crippen LogP contribution in [0.5, 0.6) is 0 Å². The van der Waals surface area contributed by atoms with Crippen LogP contribution in [0.2, 0.25) is 0 Å². The van der Waals surface area contributed by atoms with Gasteiger partial charge in [-0.05, 0) is 36.5 Å². The van der Waals surface area contributed by atoms with E-state index in [1.165, 1.54) is 6.92 Å². The van der Waals surface area contributed by atoms with E-state index in [1.54, 1.807) is 0 Å². The minimum atomic E-state index is -0.963. The average Bonchev–Trinajstić information content (AvgIpc) is 2.08. The second-order valence-electron chi connectivity index (χ2n) is 5.40. The standard InChI is InChI=1S/C13H18F2O/c1-8-5-11(15)9(6-10(8)14)12(16)7-13(2,3)4/h5-6,12,16H,7H2,1-4H3. The summed E-state index contributed by atoms with van der Waals surface area (Å²) in [5, 5.41) is 9.85. The van der Waals surface area contributed by atoms with E-state index in [0.717, 1.165) is 12.1 Å². The highest BCUT2D eigenvalue weighted by molar-refractivity contribution is 5.26. The number of aliphatic hydroxyl groups is 1. The van der Waals surface area contributed by atoms with Gasteiger partial charge in [0.05, 0.1) is 6.10 Å². The van der Waals surface area contributed by atoms with Crippen LogP contribution < -0.4 is 0 Å². The molecule has 1 aromatic rings. The fourth-order valence-corrected chi connectivity index (χ4v) is 1.61. The summed E-state index contributed by atoms with van der Waals surface area (Å²) >= 11 is 0. The van der Waals surface area contributed by atoms with Gasteiger partial charge in [0.1, 0.15) is 11.6 Å². The first-order valence-electron chi connectivity index (χ1n) is 5.34. The third-order valence-corrected chi connectivity index (χ3v) is 2.44. The molecule has 0 aliphatic heterocycles. The van der Waals surface area contributed by atoms with Crippen molar-refractivity contribution < 1.29 is 13.9 Å². The SMILES string of the molecule is Cc1cc(F)c(C(O)CC(C)(C)C)cc1F. The van der Waals surface area contributed by atoms with Crippen molar-refractivity contribution in [1.29, 1.82) is 0 Å². The summed E-state index contributed by atoms with van der Waals surface area (Å²) < 4.78 is 26.8. The third kappa shape index (κ3) is 3.27. The molecule has 0 aliphatic carbocycles. The molecule has 0 bridgehead atoms. The molecule has 0 fully saturated rings. The number of aliphatic hydroxyl groups excluding tert-OH is 1. The maximum atomic E-state index is 13.5. The summed E-state index contributed by atoms with van der Waals surface area (Å²) in [7, 11) is 0. The largest absolute Gasteiger partial charge is 0.388 e. The fourth-order valence-electron chi connectivity index (χ4n) is 1.61. The Bertz CT molecular complexity index is 380. The van der Waals surface area contributed by atoms with Crippen LogP contribution in [0.1, 0.15) is 44.4 Å². The Morgan fingerprint density at radius 3 is 2.25 bits per heavy atom. The summed E-state index contributed by atoms with van der Waals surface area (Å²) in [6.45, 7) is 7.33. The van der Waals surface area contributed by atoms with Crippen LogP contribution in [-0.2, 0) is 0 Å². The predicted octanol–water partition coefficient (Wildman–Crippen LogP) is 3.74. The van der Waals surface area contributed by atoms with Crippen molar-refractivity contribution in [2.45, 2.75) is 40.2 Å². The molecule has 90 valence electrons. The van der Waals surface area contributed by atoms with Gasteiger partial charge in [-0.2, -0.15) is 0 Å². The van der Waals surface area contributed by atoms with Crippen LogP contribution in [0, 0.1) is 24.0 Å². The predicted molar refractivity (Wildman–Crippen MR) is 60.1 cm³/mol. The molecule has 0 radical (unpaired) electrons. The number of rotatable bonds is 2. The highest BCUT2D eigenvalue weighted by Crippen LogP contribution is 2.31. The molecule has 16 heavy (non-hydrogen) atoms. The van der Waals surface area contributed by atoms with Gasteiger partial charge in [-0.1, -0.05) is 20.8 Å². The molecule has 1 atom stereocenters. The Hall–Kier alpha value is -0.960. The van der Waals surface area contributed by atoms with Gasteiger partial charge < -0.3 is 5.11 Å². The van der Waals surface area contributed by atoms with Crippen LogP contribution in [0.4, 0.5) is 8.78 Å². The molecule has 0 heterocycles. The van der Waals surface area contributed by atoms with Crippen molar-refractivity contribution in [2.75, 3.05) is 0 Å². The van der Waals surface area contributed by atoms with E-state index in [2.05, 4.69) is 0 Å². The highest BCUT2D eigenvalue weighted by atomic mass is 19.1. The van der Waals surface area contributed by atoms with E-state index in [1.807, 2.05) is 20.8 Å². The topological polar surface area (TPSA) is 20.2 Å². The van der Waals surface area contributed by atoms with Crippen LogP contribution in [0.25, 0.3) is 0 Å². The molecule has 3 heteroatoms. The van der Waals surface area contributed by atoms with Crippen molar-refractivity contribution in [1.82, 2.24) is 0 Å². The lowest BCUT2D eigenvalue weighted by Gasteiger charge is -2.23. The molecule has 1 N–H and O–H groups in total. The van der Waals surface area contributed by atoms with E-state index in [9.17, 15) is 13.9 Å². The van der Waals surface area contributed by atoms with E-state index in [0.29, 0.717) is 6.42 Å². The fraction of sp³-hybridized carbons (Fsp3) is 0.538. The Labute approximate surface area is 95.1 Å². The molecular weight excluding hydrogens is 210 g/mol. The molecule has 1 aromatic carbocycles. The molecular formula is C13H18F2O. The quantitative estimate of drug-likeness (QED) is 0.817. The van der Waals surface area contributed by atoms with Crippen molar-refractivity contribution in [3.05, 3.63) is 34.9 Å². The third-order valence-electron chi connectivity index (χ3n) is 2.44. The number of aryl methyl sites for hydroxylation is 1. The monoisotopic (exact) mass is 228 g/mol. The minimum Gasteiger partial charge on any atom is -0.388 e. The summed E-state index contributed by atoms with van der Waals surface area (Å²) in [6, 6.07) is 2.21. The van der Waals surface area contributed by atoms with Crippen LogP contribution in [-0.4, -0.2) is 5.11 Å². The first-order valence-corrected chi connectivity index (χ1v) is 5.34. The molecule has 1 rings (SSSR count). The lowest BCUT2D eigenvalue weighted by atomic mass is 9.86. The van der Waals surface area contributed by atoms with Crippen LogP contribution >= 0.6 is 0 Å². The van der Waals surface area contributed by atoms with Crippen molar-refractivity contribution >= 4 is 0 Å². The van der Waals surface area contributed by atoms with Crippen molar-refractivity contribution in [3.8, 4) is 0 Å². The Balaban J connectivity index is 3.00. The molecule has 0 aliphatic rings. The molecule has 0 saturated heterocycles. The molecule has 0 spiro atoms. The van der Waals surface area contributed by atoms with E-state index in [-0.39, 0.29) is 16.5 Å². The zero-order valence-corrected chi connectivity index (χ0v) is 10.1. The van der Waals surface area contributed by atoms with Gasteiger partial charge >= 0.3 is 0 Å². The van der Waals surface area contributed by atoms with Gasteiger partial charge in [-0.3, -0.25) is 0 Å². The molecule has 1 nitrogen and oxygen atoms in total. The van der Waals surface area contributed by atoms with E-state index in [4.69, 9.17) is 0 Å². The van der Waals surface area contributed by atoms with Crippen LogP contribution in [0.3, 0.4) is 0 Å². The Kier molecular flexibility index (Phi) is 3.68. The summed E-state index contributed by atoms with van der Waals surface area (Å²) in [5.74, 6) is -1.03. The van der Waals surface area contributed by atoms with Gasteiger partial charge in [-0.25, -0.2) is 8.78 Å². The zero-order chi connectivity index (χ0) is 12.5. The first kappa shape index (κ1) is 13.1. The lowest BCUT2D eigenvalue weighted by Crippen LogP contribution is -2.13. The normalized spacial score (nSPS) is 13.9. The molecule has 1 unspecified atom stereocenters.